The summed E-state index contributed by atoms with van der Waals surface area (Å²) in [6.45, 7) is 1.78. The van der Waals surface area contributed by atoms with Gasteiger partial charge in [-0.2, -0.15) is 0 Å². The first kappa shape index (κ1) is 11.6. The maximum Gasteiger partial charge on any atom is 0.129 e. The van der Waals surface area contributed by atoms with E-state index in [4.69, 9.17) is 0 Å². The first-order chi connectivity index (χ1) is 7.62. The van der Waals surface area contributed by atoms with E-state index >= 15 is 0 Å². The summed E-state index contributed by atoms with van der Waals surface area (Å²) in [5.41, 5.74) is -0.541. The summed E-state index contributed by atoms with van der Waals surface area (Å²) in [5.74, 6) is -0.297. The third kappa shape index (κ3) is 2.25. The number of likely N-dealkylation sites (tertiary alicyclic amines) is 1. The molecule has 0 saturated carbocycles. The third-order valence-electron chi connectivity index (χ3n) is 3.41. The van der Waals surface area contributed by atoms with E-state index in [0.717, 1.165) is 19.5 Å². The van der Waals surface area contributed by atoms with Crippen molar-refractivity contribution in [2.75, 3.05) is 20.1 Å². The van der Waals surface area contributed by atoms with Gasteiger partial charge in [0, 0.05) is 12.1 Å². The van der Waals surface area contributed by atoms with E-state index in [9.17, 15) is 9.50 Å². The third-order valence-corrected chi connectivity index (χ3v) is 3.41. The molecule has 1 fully saturated rings. The van der Waals surface area contributed by atoms with Gasteiger partial charge in [-0.1, -0.05) is 18.2 Å². The lowest BCUT2D eigenvalue weighted by Crippen LogP contribution is -2.28. The quantitative estimate of drug-likeness (QED) is 0.788. The lowest BCUT2D eigenvalue weighted by Gasteiger charge is -2.27. The van der Waals surface area contributed by atoms with Crippen LogP contribution in [0.25, 0.3) is 0 Å². The molecule has 0 amide bonds. The predicted molar refractivity (Wildman–Crippen MR) is 61.6 cm³/mol. The number of rotatable bonds is 1. The molecule has 0 radical (unpaired) electrons. The Morgan fingerprint density at radius 1 is 1.25 bits per heavy atom. The Bertz CT molecular complexity index is 369. The van der Waals surface area contributed by atoms with Crippen LogP contribution in [0.5, 0.6) is 0 Å². The van der Waals surface area contributed by atoms with Crippen molar-refractivity contribution in [3.05, 3.63) is 35.6 Å². The number of hydrogen-bond acceptors (Lipinski definition) is 2. The first-order valence-electron chi connectivity index (χ1n) is 5.78. The van der Waals surface area contributed by atoms with Crippen LogP contribution in [-0.4, -0.2) is 30.1 Å². The highest BCUT2D eigenvalue weighted by Gasteiger charge is 2.33. The highest BCUT2D eigenvalue weighted by atomic mass is 19.1. The molecule has 2 rings (SSSR count). The second-order valence-electron chi connectivity index (χ2n) is 4.67. The zero-order valence-corrected chi connectivity index (χ0v) is 9.62. The molecule has 2 nitrogen and oxygen atoms in total. The van der Waals surface area contributed by atoms with Crippen LogP contribution < -0.4 is 0 Å². The summed E-state index contributed by atoms with van der Waals surface area (Å²) < 4.78 is 13.7. The summed E-state index contributed by atoms with van der Waals surface area (Å²) in [4.78, 5) is 2.18. The molecule has 0 aliphatic carbocycles. The molecule has 1 N–H and O–H groups in total. The second-order valence-corrected chi connectivity index (χ2v) is 4.67. The minimum absolute atomic E-state index is 0.297. The zero-order chi connectivity index (χ0) is 11.6. The van der Waals surface area contributed by atoms with Crippen molar-refractivity contribution in [2.45, 2.75) is 24.9 Å². The van der Waals surface area contributed by atoms with Crippen LogP contribution in [0.3, 0.4) is 0 Å². The van der Waals surface area contributed by atoms with Crippen LogP contribution >= 0.6 is 0 Å². The minimum Gasteiger partial charge on any atom is -0.385 e. The number of benzene rings is 1. The van der Waals surface area contributed by atoms with Gasteiger partial charge in [-0.3, -0.25) is 0 Å². The summed E-state index contributed by atoms with van der Waals surface area (Å²) >= 11 is 0. The van der Waals surface area contributed by atoms with E-state index in [-0.39, 0.29) is 5.82 Å². The SMILES string of the molecule is CN1CCCC(O)(c2ccccc2F)CC1. The zero-order valence-electron chi connectivity index (χ0n) is 9.62. The van der Waals surface area contributed by atoms with Crippen molar-refractivity contribution in [2.24, 2.45) is 0 Å². The van der Waals surface area contributed by atoms with Gasteiger partial charge < -0.3 is 10.0 Å². The molecule has 3 heteroatoms. The smallest absolute Gasteiger partial charge is 0.129 e. The summed E-state index contributed by atoms with van der Waals surface area (Å²) in [6, 6.07) is 6.55. The summed E-state index contributed by atoms with van der Waals surface area (Å²) in [6.07, 6.45) is 2.14. The Morgan fingerprint density at radius 3 is 2.75 bits per heavy atom. The van der Waals surface area contributed by atoms with Crippen molar-refractivity contribution in [1.29, 1.82) is 0 Å². The number of nitrogens with zero attached hydrogens (tertiary/aromatic N) is 1. The summed E-state index contributed by atoms with van der Waals surface area (Å²) in [5, 5.41) is 10.6. The van der Waals surface area contributed by atoms with Crippen LogP contribution in [0.2, 0.25) is 0 Å². The van der Waals surface area contributed by atoms with Crippen LogP contribution in [0.15, 0.2) is 24.3 Å². The fourth-order valence-corrected chi connectivity index (χ4v) is 2.36. The second kappa shape index (κ2) is 4.52. The van der Waals surface area contributed by atoms with Crippen molar-refractivity contribution < 1.29 is 9.50 Å². The van der Waals surface area contributed by atoms with E-state index in [1.807, 2.05) is 7.05 Å². The average molecular weight is 223 g/mol. The predicted octanol–water partition coefficient (Wildman–Crippen LogP) is 2.13. The van der Waals surface area contributed by atoms with Gasteiger partial charge in [0.2, 0.25) is 0 Å². The molecule has 0 spiro atoms. The minimum atomic E-state index is -0.990. The lowest BCUT2D eigenvalue weighted by atomic mass is 9.86. The van der Waals surface area contributed by atoms with Crippen LogP contribution in [0, 0.1) is 5.82 Å². The van der Waals surface area contributed by atoms with Gasteiger partial charge in [0.15, 0.2) is 0 Å². The maximum absolute atomic E-state index is 13.7. The molecule has 88 valence electrons. The van der Waals surface area contributed by atoms with Crippen molar-refractivity contribution >= 4 is 0 Å². The van der Waals surface area contributed by atoms with Crippen LogP contribution in [-0.2, 0) is 5.60 Å². The maximum atomic E-state index is 13.7. The molecule has 1 aliphatic heterocycles. The van der Waals surface area contributed by atoms with Gasteiger partial charge in [-0.25, -0.2) is 4.39 Å². The molecule has 1 aromatic rings. The van der Waals surface area contributed by atoms with E-state index in [1.54, 1.807) is 18.2 Å². The van der Waals surface area contributed by atoms with E-state index in [2.05, 4.69) is 4.90 Å². The van der Waals surface area contributed by atoms with E-state index < -0.39 is 5.60 Å². The van der Waals surface area contributed by atoms with Gasteiger partial charge in [0.25, 0.3) is 0 Å². The fraction of sp³-hybridized carbons (Fsp3) is 0.538. The molecular formula is C13H18FNO. The Morgan fingerprint density at radius 2 is 2.00 bits per heavy atom. The van der Waals surface area contributed by atoms with E-state index in [1.165, 1.54) is 6.07 Å². The van der Waals surface area contributed by atoms with Crippen LogP contribution in [0.4, 0.5) is 4.39 Å². The monoisotopic (exact) mass is 223 g/mol. The standard InChI is InChI=1S/C13H18FNO/c1-15-9-4-7-13(16,8-10-15)11-5-2-3-6-12(11)14/h2-3,5-6,16H,4,7-10H2,1H3. The van der Waals surface area contributed by atoms with Crippen LogP contribution in [0.1, 0.15) is 24.8 Å². The average Bonchev–Trinajstić information content (AvgIpc) is 2.43. The molecule has 0 bridgehead atoms. The molecular weight excluding hydrogens is 205 g/mol. The van der Waals surface area contributed by atoms with Crippen molar-refractivity contribution in [3.63, 3.8) is 0 Å². The molecule has 1 atom stereocenters. The van der Waals surface area contributed by atoms with Gasteiger partial charge in [-0.05, 0) is 38.9 Å². The van der Waals surface area contributed by atoms with Crippen molar-refractivity contribution in [3.8, 4) is 0 Å². The highest BCUT2D eigenvalue weighted by molar-refractivity contribution is 5.24. The topological polar surface area (TPSA) is 23.5 Å². The molecule has 16 heavy (non-hydrogen) atoms. The Hall–Kier alpha value is -0.930. The van der Waals surface area contributed by atoms with Gasteiger partial charge in [0.1, 0.15) is 5.82 Å². The summed E-state index contributed by atoms with van der Waals surface area (Å²) in [7, 11) is 2.03. The van der Waals surface area contributed by atoms with Gasteiger partial charge in [-0.15, -0.1) is 0 Å². The molecule has 1 heterocycles. The molecule has 1 aromatic carbocycles. The number of halogens is 1. The molecule has 1 saturated heterocycles. The highest BCUT2D eigenvalue weighted by Crippen LogP contribution is 2.33. The Kier molecular flexibility index (Phi) is 3.26. The molecule has 1 unspecified atom stereocenters. The Labute approximate surface area is 95.7 Å². The number of hydrogen-bond donors (Lipinski definition) is 1. The fourth-order valence-electron chi connectivity index (χ4n) is 2.36. The normalized spacial score (nSPS) is 27.7. The lowest BCUT2D eigenvalue weighted by molar-refractivity contribution is 0.0184. The first-order valence-corrected chi connectivity index (χ1v) is 5.78. The van der Waals surface area contributed by atoms with E-state index in [0.29, 0.717) is 18.4 Å². The van der Waals surface area contributed by atoms with Gasteiger partial charge >= 0.3 is 0 Å². The number of aliphatic hydroxyl groups is 1. The van der Waals surface area contributed by atoms with Gasteiger partial charge in [0.05, 0.1) is 5.60 Å². The largest absolute Gasteiger partial charge is 0.385 e. The molecule has 0 aromatic heterocycles. The van der Waals surface area contributed by atoms with Crippen molar-refractivity contribution in [1.82, 2.24) is 4.90 Å². The molecule has 1 aliphatic rings. The Balaban J connectivity index is 2.27.